The highest BCUT2D eigenvalue weighted by Crippen LogP contribution is 2.07. The molecule has 1 fully saturated rings. The van der Waals surface area contributed by atoms with Crippen molar-refractivity contribution in [2.45, 2.75) is 38.6 Å². The van der Waals surface area contributed by atoms with Gasteiger partial charge in [0.2, 0.25) is 0 Å². The van der Waals surface area contributed by atoms with Crippen molar-refractivity contribution in [1.29, 1.82) is 0 Å². The van der Waals surface area contributed by atoms with Gasteiger partial charge in [-0.3, -0.25) is 0 Å². The molecule has 1 N–H and O–H groups in total. The summed E-state index contributed by atoms with van der Waals surface area (Å²) in [6, 6.07) is 0. The van der Waals surface area contributed by atoms with Crippen molar-refractivity contribution in [2.24, 2.45) is 0 Å². The van der Waals surface area contributed by atoms with Crippen molar-refractivity contribution in [3.8, 4) is 0 Å². The molecule has 0 aromatic rings. The third-order valence-electron chi connectivity index (χ3n) is 2.96. The molecule has 0 saturated carbocycles. The predicted molar refractivity (Wildman–Crippen MR) is 64.2 cm³/mol. The molecule has 15 heavy (non-hydrogen) atoms. The summed E-state index contributed by atoms with van der Waals surface area (Å²) >= 11 is 0. The summed E-state index contributed by atoms with van der Waals surface area (Å²) in [5.74, 6) is 0. The fourth-order valence-electron chi connectivity index (χ4n) is 2.15. The Kier molecular flexibility index (Phi) is 5.58. The second kappa shape index (κ2) is 6.46. The first-order chi connectivity index (χ1) is 7.14. The topological polar surface area (TPSA) is 24.5 Å². The van der Waals surface area contributed by atoms with Gasteiger partial charge in [-0.05, 0) is 59.3 Å². The van der Waals surface area contributed by atoms with Crippen LogP contribution < -0.4 is 5.32 Å². The molecular weight excluding hydrogens is 188 g/mol. The van der Waals surface area contributed by atoms with E-state index >= 15 is 0 Å². The molecule has 90 valence electrons. The summed E-state index contributed by atoms with van der Waals surface area (Å²) in [6.45, 7) is 10.1. The number of hydrogen-bond donors (Lipinski definition) is 1. The third kappa shape index (κ3) is 5.50. The number of likely N-dealkylation sites (tertiary alicyclic amines) is 1. The Morgan fingerprint density at radius 2 is 1.93 bits per heavy atom. The van der Waals surface area contributed by atoms with Crippen molar-refractivity contribution < 1.29 is 4.74 Å². The number of nitrogens with one attached hydrogen (secondary N) is 1. The normalized spacial score (nSPS) is 18.6. The van der Waals surface area contributed by atoms with Gasteiger partial charge in [-0.1, -0.05) is 0 Å². The first-order valence-corrected chi connectivity index (χ1v) is 6.10. The lowest BCUT2D eigenvalue weighted by atomic mass is 10.1. The highest BCUT2D eigenvalue weighted by molar-refractivity contribution is 4.77. The van der Waals surface area contributed by atoms with Gasteiger partial charge >= 0.3 is 0 Å². The van der Waals surface area contributed by atoms with Gasteiger partial charge in [0.25, 0.3) is 0 Å². The summed E-state index contributed by atoms with van der Waals surface area (Å²) in [6.07, 6.45) is 4.03. The monoisotopic (exact) mass is 214 g/mol. The fourth-order valence-corrected chi connectivity index (χ4v) is 2.15. The van der Waals surface area contributed by atoms with Gasteiger partial charge in [0, 0.05) is 12.6 Å². The molecule has 1 aliphatic heterocycles. The SMILES string of the molecule is COCC(C)(C)NCCCN1CCCC1. The number of methoxy groups -OCH3 is 1. The Balaban J connectivity index is 2.00. The average molecular weight is 214 g/mol. The van der Waals surface area contributed by atoms with Gasteiger partial charge in [-0.15, -0.1) is 0 Å². The fraction of sp³-hybridized carbons (Fsp3) is 1.00. The zero-order valence-electron chi connectivity index (χ0n) is 10.5. The lowest BCUT2D eigenvalue weighted by Crippen LogP contribution is -2.44. The van der Waals surface area contributed by atoms with Crippen LogP contribution in [0.3, 0.4) is 0 Å². The summed E-state index contributed by atoms with van der Waals surface area (Å²) in [5.41, 5.74) is 0.111. The number of rotatable bonds is 7. The number of ether oxygens (including phenoxy) is 1. The number of nitrogens with zero attached hydrogens (tertiary/aromatic N) is 1. The van der Waals surface area contributed by atoms with Gasteiger partial charge in [-0.25, -0.2) is 0 Å². The van der Waals surface area contributed by atoms with Gasteiger partial charge in [0.1, 0.15) is 0 Å². The van der Waals surface area contributed by atoms with E-state index in [4.69, 9.17) is 4.74 Å². The Morgan fingerprint density at radius 3 is 2.53 bits per heavy atom. The van der Waals surface area contributed by atoms with E-state index in [1.807, 2.05) is 0 Å². The van der Waals surface area contributed by atoms with Crippen LogP contribution in [0.4, 0.5) is 0 Å². The zero-order chi connectivity index (χ0) is 11.1. The van der Waals surface area contributed by atoms with Crippen LogP contribution in [0, 0.1) is 0 Å². The molecule has 3 nitrogen and oxygen atoms in total. The average Bonchev–Trinajstić information content (AvgIpc) is 2.65. The Bertz CT molecular complexity index is 165. The molecule has 0 aromatic carbocycles. The van der Waals surface area contributed by atoms with E-state index < -0.39 is 0 Å². The molecule has 0 radical (unpaired) electrons. The molecule has 1 saturated heterocycles. The first-order valence-electron chi connectivity index (χ1n) is 6.10. The molecule has 0 atom stereocenters. The Morgan fingerprint density at radius 1 is 1.27 bits per heavy atom. The second-order valence-corrected chi connectivity index (χ2v) is 5.15. The van der Waals surface area contributed by atoms with Gasteiger partial charge in [-0.2, -0.15) is 0 Å². The van der Waals surface area contributed by atoms with Gasteiger partial charge in [0.15, 0.2) is 0 Å². The quantitative estimate of drug-likeness (QED) is 0.650. The van der Waals surface area contributed by atoms with Crippen LogP contribution in [-0.2, 0) is 4.74 Å². The standard InChI is InChI=1S/C12H26N2O/c1-12(2,11-15-3)13-7-6-10-14-8-4-5-9-14/h13H,4-11H2,1-3H3. The van der Waals surface area contributed by atoms with E-state index in [0.29, 0.717) is 0 Å². The maximum absolute atomic E-state index is 5.16. The highest BCUT2D eigenvalue weighted by atomic mass is 16.5. The molecule has 0 spiro atoms. The summed E-state index contributed by atoms with van der Waals surface area (Å²) in [5, 5.41) is 3.53. The summed E-state index contributed by atoms with van der Waals surface area (Å²) in [4.78, 5) is 2.56. The molecular formula is C12H26N2O. The van der Waals surface area contributed by atoms with Crippen molar-refractivity contribution in [3.05, 3.63) is 0 Å². The van der Waals surface area contributed by atoms with Gasteiger partial charge in [0.05, 0.1) is 6.61 Å². The molecule has 0 aromatic heterocycles. The molecule has 1 rings (SSSR count). The van der Waals surface area contributed by atoms with E-state index in [9.17, 15) is 0 Å². The van der Waals surface area contributed by atoms with E-state index in [1.165, 1.54) is 38.9 Å². The smallest absolute Gasteiger partial charge is 0.0639 e. The van der Waals surface area contributed by atoms with Crippen LogP contribution in [0.2, 0.25) is 0 Å². The third-order valence-corrected chi connectivity index (χ3v) is 2.96. The first kappa shape index (κ1) is 12.9. The minimum Gasteiger partial charge on any atom is -0.383 e. The van der Waals surface area contributed by atoms with Crippen LogP contribution in [0.1, 0.15) is 33.1 Å². The van der Waals surface area contributed by atoms with E-state index in [1.54, 1.807) is 7.11 Å². The van der Waals surface area contributed by atoms with Crippen LogP contribution in [-0.4, -0.2) is 50.3 Å². The molecule has 1 aliphatic rings. The summed E-state index contributed by atoms with van der Waals surface area (Å²) in [7, 11) is 1.76. The van der Waals surface area contributed by atoms with Crippen molar-refractivity contribution in [2.75, 3.05) is 39.9 Å². The maximum Gasteiger partial charge on any atom is 0.0639 e. The molecule has 0 unspecified atom stereocenters. The van der Waals surface area contributed by atoms with E-state index in [2.05, 4.69) is 24.1 Å². The van der Waals surface area contributed by atoms with Crippen LogP contribution in [0.25, 0.3) is 0 Å². The largest absolute Gasteiger partial charge is 0.383 e. The highest BCUT2D eigenvalue weighted by Gasteiger charge is 2.16. The van der Waals surface area contributed by atoms with Crippen molar-refractivity contribution in [3.63, 3.8) is 0 Å². The minimum atomic E-state index is 0.111. The van der Waals surface area contributed by atoms with Crippen LogP contribution >= 0.6 is 0 Å². The Labute approximate surface area is 94.2 Å². The Hall–Kier alpha value is -0.120. The maximum atomic E-state index is 5.16. The van der Waals surface area contributed by atoms with Crippen LogP contribution in [0.5, 0.6) is 0 Å². The lowest BCUT2D eigenvalue weighted by molar-refractivity contribution is 0.128. The molecule has 0 aliphatic carbocycles. The lowest BCUT2D eigenvalue weighted by Gasteiger charge is -2.26. The molecule has 0 bridgehead atoms. The minimum absolute atomic E-state index is 0.111. The van der Waals surface area contributed by atoms with Crippen molar-refractivity contribution in [1.82, 2.24) is 10.2 Å². The van der Waals surface area contributed by atoms with Crippen molar-refractivity contribution >= 4 is 0 Å². The zero-order valence-corrected chi connectivity index (χ0v) is 10.5. The predicted octanol–water partition coefficient (Wildman–Crippen LogP) is 1.49. The van der Waals surface area contributed by atoms with Crippen LogP contribution in [0.15, 0.2) is 0 Å². The molecule has 1 heterocycles. The van der Waals surface area contributed by atoms with Gasteiger partial charge < -0.3 is 15.0 Å². The van der Waals surface area contributed by atoms with E-state index in [-0.39, 0.29) is 5.54 Å². The molecule has 3 heteroatoms. The van der Waals surface area contributed by atoms with E-state index in [0.717, 1.165) is 13.2 Å². The summed E-state index contributed by atoms with van der Waals surface area (Å²) < 4.78 is 5.16. The number of hydrogen-bond acceptors (Lipinski definition) is 3. The molecule has 0 amide bonds. The second-order valence-electron chi connectivity index (χ2n) is 5.15.